The van der Waals surface area contributed by atoms with Crippen LogP contribution in [0.3, 0.4) is 0 Å². The zero-order chi connectivity index (χ0) is 12.5. The van der Waals surface area contributed by atoms with Gasteiger partial charge in [0.25, 0.3) is 0 Å². The van der Waals surface area contributed by atoms with Gasteiger partial charge in [0.2, 0.25) is 0 Å². The molecule has 5 nitrogen and oxygen atoms in total. The Bertz CT molecular complexity index is 604. The van der Waals surface area contributed by atoms with Crippen LogP contribution in [0.4, 0.5) is 5.82 Å². The molecule has 3 heterocycles. The Hall–Kier alpha value is -1.18. The fourth-order valence-electron chi connectivity index (χ4n) is 1.83. The highest BCUT2D eigenvalue weighted by atomic mass is 79.9. The lowest BCUT2D eigenvalue weighted by Gasteiger charge is -2.08. The summed E-state index contributed by atoms with van der Waals surface area (Å²) in [6.07, 6.45) is 3.48. The summed E-state index contributed by atoms with van der Waals surface area (Å²) in [5.74, 6) is 8.70. The van der Waals surface area contributed by atoms with Gasteiger partial charge < -0.3 is 5.43 Å². The van der Waals surface area contributed by atoms with Crippen LogP contribution < -0.4 is 11.3 Å². The van der Waals surface area contributed by atoms with Gasteiger partial charge in [0.15, 0.2) is 5.82 Å². The van der Waals surface area contributed by atoms with Gasteiger partial charge in [-0.25, -0.2) is 15.8 Å². The molecular formula is C11H10BrN5S. The minimum Gasteiger partial charge on any atom is -0.308 e. The molecule has 0 unspecified atom stereocenters. The molecule has 1 aliphatic rings. The Morgan fingerprint density at radius 1 is 1.28 bits per heavy atom. The second-order valence-corrected chi connectivity index (χ2v) is 5.75. The largest absolute Gasteiger partial charge is 0.308 e. The number of aromatic nitrogens is 3. The lowest BCUT2D eigenvalue weighted by Crippen LogP contribution is -2.12. The number of fused-ring (bicyclic) bond motifs is 1. The zero-order valence-electron chi connectivity index (χ0n) is 9.35. The lowest BCUT2D eigenvalue weighted by molar-refractivity contribution is 1.06. The van der Waals surface area contributed by atoms with Crippen molar-refractivity contribution in [3.05, 3.63) is 34.2 Å². The number of hydrogen-bond acceptors (Lipinski definition) is 6. The van der Waals surface area contributed by atoms with E-state index >= 15 is 0 Å². The smallest absolute Gasteiger partial charge is 0.163 e. The number of hydrazine groups is 1. The number of nitrogens with one attached hydrogen (secondary N) is 1. The molecular weight excluding hydrogens is 314 g/mol. The van der Waals surface area contributed by atoms with Gasteiger partial charge in [-0.2, -0.15) is 11.8 Å². The molecule has 1 aliphatic heterocycles. The number of pyridine rings is 1. The first-order valence-electron chi connectivity index (χ1n) is 5.33. The van der Waals surface area contributed by atoms with E-state index in [4.69, 9.17) is 5.84 Å². The van der Waals surface area contributed by atoms with Gasteiger partial charge >= 0.3 is 0 Å². The van der Waals surface area contributed by atoms with Crippen molar-refractivity contribution >= 4 is 33.5 Å². The van der Waals surface area contributed by atoms with Gasteiger partial charge in [-0.3, -0.25) is 4.98 Å². The molecule has 0 fully saturated rings. The molecule has 0 aliphatic carbocycles. The summed E-state index contributed by atoms with van der Waals surface area (Å²) in [5, 5.41) is 0. The number of nitrogens with two attached hydrogens (primary N) is 1. The number of rotatable bonds is 2. The van der Waals surface area contributed by atoms with Crippen LogP contribution in [-0.4, -0.2) is 15.0 Å². The molecule has 7 heteroatoms. The number of hydrogen-bond donors (Lipinski definition) is 2. The molecule has 0 amide bonds. The second kappa shape index (κ2) is 4.83. The molecule has 0 spiro atoms. The summed E-state index contributed by atoms with van der Waals surface area (Å²) in [4.78, 5) is 13.2. The summed E-state index contributed by atoms with van der Waals surface area (Å²) in [6, 6.07) is 1.94. The van der Waals surface area contributed by atoms with Gasteiger partial charge in [-0.15, -0.1) is 0 Å². The minimum absolute atomic E-state index is 0.651. The zero-order valence-corrected chi connectivity index (χ0v) is 11.8. The first-order chi connectivity index (χ1) is 8.78. The van der Waals surface area contributed by atoms with Crippen molar-refractivity contribution in [2.75, 3.05) is 5.43 Å². The normalized spacial score (nSPS) is 13.4. The number of thioether (sulfide) groups is 1. The number of nitrogens with zero attached hydrogens (tertiary/aromatic N) is 3. The van der Waals surface area contributed by atoms with Crippen LogP contribution >= 0.6 is 27.7 Å². The summed E-state index contributed by atoms with van der Waals surface area (Å²) in [6.45, 7) is 0. The van der Waals surface area contributed by atoms with Crippen LogP contribution in [0, 0.1) is 0 Å². The number of nitrogen functional groups attached to an aromatic ring is 1. The molecule has 92 valence electrons. The predicted molar refractivity (Wildman–Crippen MR) is 75.8 cm³/mol. The molecule has 3 rings (SSSR count). The minimum atomic E-state index is 0.651. The summed E-state index contributed by atoms with van der Waals surface area (Å²) >= 11 is 5.21. The van der Waals surface area contributed by atoms with Crippen molar-refractivity contribution in [2.45, 2.75) is 11.5 Å². The van der Waals surface area contributed by atoms with E-state index in [0.29, 0.717) is 11.6 Å². The van der Waals surface area contributed by atoms with E-state index < -0.39 is 0 Å². The number of anilines is 1. The second-order valence-electron chi connectivity index (χ2n) is 3.85. The fraction of sp³-hybridized carbons (Fsp3) is 0.182. The Morgan fingerprint density at radius 2 is 2.17 bits per heavy atom. The summed E-state index contributed by atoms with van der Waals surface area (Å²) in [5.41, 5.74) is 5.69. The SMILES string of the molecule is NNc1nc(-c2cncc(Br)c2)nc2c1CSC2. The third-order valence-electron chi connectivity index (χ3n) is 2.68. The quantitative estimate of drug-likeness (QED) is 0.652. The molecule has 2 aromatic heterocycles. The van der Waals surface area contributed by atoms with Crippen LogP contribution in [0.15, 0.2) is 22.9 Å². The van der Waals surface area contributed by atoms with Crippen LogP contribution in [0.1, 0.15) is 11.3 Å². The van der Waals surface area contributed by atoms with Gasteiger partial charge in [0.05, 0.1) is 5.69 Å². The van der Waals surface area contributed by atoms with Crippen LogP contribution in [0.25, 0.3) is 11.4 Å². The van der Waals surface area contributed by atoms with Crippen LogP contribution in [-0.2, 0) is 11.5 Å². The van der Waals surface area contributed by atoms with Gasteiger partial charge in [0, 0.05) is 39.5 Å². The van der Waals surface area contributed by atoms with Crippen molar-refractivity contribution in [1.29, 1.82) is 0 Å². The molecule has 0 radical (unpaired) electrons. The summed E-state index contributed by atoms with van der Waals surface area (Å²) in [7, 11) is 0. The average Bonchev–Trinajstić information content (AvgIpc) is 2.85. The molecule has 0 aromatic carbocycles. The maximum absolute atomic E-state index is 5.53. The first-order valence-corrected chi connectivity index (χ1v) is 7.28. The highest BCUT2D eigenvalue weighted by Crippen LogP contribution is 2.34. The fourth-order valence-corrected chi connectivity index (χ4v) is 3.24. The molecule has 0 atom stereocenters. The molecule has 0 saturated heterocycles. The predicted octanol–water partition coefficient (Wildman–Crippen LogP) is 2.33. The molecule has 0 saturated carbocycles. The Morgan fingerprint density at radius 3 is 2.94 bits per heavy atom. The van der Waals surface area contributed by atoms with Crippen molar-refractivity contribution in [2.24, 2.45) is 5.84 Å². The van der Waals surface area contributed by atoms with Crippen LogP contribution in [0.2, 0.25) is 0 Å². The van der Waals surface area contributed by atoms with Gasteiger partial charge in [-0.1, -0.05) is 0 Å². The van der Waals surface area contributed by atoms with Gasteiger partial charge in [-0.05, 0) is 22.0 Å². The Kier molecular flexibility index (Phi) is 3.19. The Labute approximate surface area is 117 Å². The van der Waals surface area contributed by atoms with E-state index in [1.165, 1.54) is 0 Å². The van der Waals surface area contributed by atoms with E-state index in [0.717, 1.165) is 32.8 Å². The molecule has 18 heavy (non-hydrogen) atoms. The monoisotopic (exact) mass is 323 g/mol. The maximum Gasteiger partial charge on any atom is 0.163 e. The topological polar surface area (TPSA) is 76.7 Å². The third kappa shape index (κ3) is 2.09. The third-order valence-corrected chi connectivity index (χ3v) is 4.08. The van der Waals surface area contributed by atoms with Crippen molar-refractivity contribution < 1.29 is 0 Å². The standard InChI is InChI=1S/C11H10BrN5S/c12-7-1-6(2-14-3-7)10-15-9-5-18-4-8(9)11(16-10)17-13/h1-3H,4-5,13H2,(H,15,16,17). The highest BCUT2D eigenvalue weighted by molar-refractivity contribution is 9.10. The van der Waals surface area contributed by atoms with E-state index in [2.05, 4.69) is 36.3 Å². The summed E-state index contributed by atoms with van der Waals surface area (Å²) < 4.78 is 0.903. The van der Waals surface area contributed by atoms with E-state index in [1.54, 1.807) is 12.4 Å². The maximum atomic E-state index is 5.53. The molecule has 0 bridgehead atoms. The van der Waals surface area contributed by atoms with Crippen LogP contribution in [0.5, 0.6) is 0 Å². The molecule has 2 aromatic rings. The lowest BCUT2D eigenvalue weighted by atomic mass is 10.2. The first kappa shape index (κ1) is 11.9. The Balaban J connectivity index is 2.13. The molecule has 3 N–H and O–H groups in total. The van der Waals surface area contributed by atoms with Crippen molar-refractivity contribution in [3.8, 4) is 11.4 Å². The van der Waals surface area contributed by atoms with Crippen molar-refractivity contribution in [3.63, 3.8) is 0 Å². The van der Waals surface area contributed by atoms with E-state index in [1.807, 2.05) is 17.8 Å². The van der Waals surface area contributed by atoms with E-state index in [9.17, 15) is 0 Å². The van der Waals surface area contributed by atoms with E-state index in [-0.39, 0.29) is 0 Å². The average molecular weight is 324 g/mol. The highest BCUT2D eigenvalue weighted by Gasteiger charge is 2.19. The van der Waals surface area contributed by atoms with Crippen molar-refractivity contribution in [1.82, 2.24) is 15.0 Å². The number of halogens is 1. The van der Waals surface area contributed by atoms with Gasteiger partial charge in [0.1, 0.15) is 5.82 Å².